The van der Waals surface area contributed by atoms with Crippen molar-refractivity contribution >= 4 is 0 Å². The summed E-state index contributed by atoms with van der Waals surface area (Å²) in [5.41, 5.74) is 6.61. The first kappa shape index (κ1) is 9.44. The van der Waals surface area contributed by atoms with Crippen molar-refractivity contribution in [1.29, 1.82) is 0 Å². The Morgan fingerprint density at radius 2 is 2.08 bits per heavy atom. The van der Waals surface area contributed by atoms with Crippen LogP contribution < -0.4 is 11.1 Å². The molecule has 2 fully saturated rings. The lowest BCUT2D eigenvalue weighted by molar-refractivity contribution is 0.177. The molecule has 13 heavy (non-hydrogen) atoms. The molecule has 1 atom stereocenters. The van der Waals surface area contributed by atoms with E-state index in [1.807, 2.05) is 0 Å². The first-order chi connectivity index (χ1) is 6.12. The number of hydrogen-bond acceptors (Lipinski definition) is 3. The summed E-state index contributed by atoms with van der Waals surface area (Å²) in [6.45, 7) is 5.90. The molecule has 3 nitrogen and oxygen atoms in total. The van der Waals surface area contributed by atoms with Crippen LogP contribution in [0.25, 0.3) is 0 Å². The molecule has 0 amide bonds. The summed E-state index contributed by atoms with van der Waals surface area (Å²) < 4.78 is 5.29. The first-order valence-corrected chi connectivity index (χ1v) is 5.19. The van der Waals surface area contributed by atoms with E-state index in [-0.39, 0.29) is 5.54 Å². The fraction of sp³-hybridized carbons (Fsp3) is 1.00. The third-order valence-corrected chi connectivity index (χ3v) is 3.27. The van der Waals surface area contributed by atoms with Gasteiger partial charge in [0.25, 0.3) is 0 Å². The fourth-order valence-electron chi connectivity index (χ4n) is 1.77. The molecule has 1 saturated heterocycles. The highest BCUT2D eigenvalue weighted by molar-refractivity contribution is 4.94. The van der Waals surface area contributed by atoms with E-state index >= 15 is 0 Å². The maximum Gasteiger partial charge on any atom is 0.0659 e. The minimum Gasteiger partial charge on any atom is -0.379 e. The molecular formula is C10H20N2O. The zero-order valence-corrected chi connectivity index (χ0v) is 8.44. The summed E-state index contributed by atoms with van der Waals surface area (Å²) >= 11 is 0. The summed E-state index contributed by atoms with van der Waals surface area (Å²) in [6.07, 6.45) is 3.73. The molecule has 2 rings (SSSR count). The van der Waals surface area contributed by atoms with Gasteiger partial charge in [0.1, 0.15) is 0 Å². The highest BCUT2D eigenvalue weighted by Gasteiger charge is 2.37. The van der Waals surface area contributed by atoms with Crippen molar-refractivity contribution in [3.05, 3.63) is 0 Å². The highest BCUT2D eigenvalue weighted by Crippen LogP contribution is 2.44. The maximum absolute atomic E-state index is 6.12. The Labute approximate surface area is 80.0 Å². The number of rotatable bonds is 4. The monoisotopic (exact) mass is 184 g/mol. The van der Waals surface area contributed by atoms with Crippen LogP contribution in [0.3, 0.4) is 0 Å². The van der Waals surface area contributed by atoms with Crippen molar-refractivity contribution < 1.29 is 4.74 Å². The quantitative estimate of drug-likeness (QED) is 0.668. The second-order valence-electron chi connectivity index (χ2n) is 5.08. The van der Waals surface area contributed by atoms with E-state index in [1.54, 1.807) is 0 Å². The molecule has 0 radical (unpaired) electrons. The summed E-state index contributed by atoms with van der Waals surface area (Å²) in [4.78, 5) is 0. The van der Waals surface area contributed by atoms with Gasteiger partial charge < -0.3 is 15.8 Å². The van der Waals surface area contributed by atoms with Crippen LogP contribution in [0.4, 0.5) is 0 Å². The molecule has 1 aliphatic carbocycles. The summed E-state index contributed by atoms with van der Waals surface area (Å²) in [6, 6.07) is 0. The Morgan fingerprint density at radius 1 is 1.31 bits per heavy atom. The van der Waals surface area contributed by atoms with Gasteiger partial charge in [-0.3, -0.25) is 0 Å². The van der Waals surface area contributed by atoms with E-state index in [0.717, 1.165) is 32.7 Å². The molecule has 1 aliphatic heterocycles. The van der Waals surface area contributed by atoms with E-state index in [2.05, 4.69) is 12.2 Å². The molecule has 1 heterocycles. The first-order valence-electron chi connectivity index (χ1n) is 5.19. The topological polar surface area (TPSA) is 47.3 Å². The molecule has 1 unspecified atom stereocenters. The van der Waals surface area contributed by atoms with E-state index in [4.69, 9.17) is 10.5 Å². The molecular weight excluding hydrogens is 164 g/mol. The molecule has 2 aliphatic rings. The molecule has 0 bridgehead atoms. The van der Waals surface area contributed by atoms with Crippen LogP contribution in [0.15, 0.2) is 0 Å². The molecule has 0 aromatic carbocycles. The van der Waals surface area contributed by atoms with Crippen LogP contribution in [0.1, 0.15) is 26.2 Å². The van der Waals surface area contributed by atoms with E-state index in [1.165, 1.54) is 12.8 Å². The van der Waals surface area contributed by atoms with Gasteiger partial charge in [-0.25, -0.2) is 0 Å². The molecule has 3 heteroatoms. The summed E-state index contributed by atoms with van der Waals surface area (Å²) in [5, 5.41) is 3.47. The Bertz CT molecular complexity index is 183. The lowest BCUT2D eigenvalue weighted by atomic mass is 10.00. The van der Waals surface area contributed by atoms with Gasteiger partial charge in [-0.05, 0) is 24.7 Å². The van der Waals surface area contributed by atoms with E-state index in [0.29, 0.717) is 5.41 Å². The van der Waals surface area contributed by atoms with Crippen molar-refractivity contribution in [3.63, 3.8) is 0 Å². The van der Waals surface area contributed by atoms with Crippen molar-refractivity contribution in [2.75, 3.05) is 26.3 Å². The molecule has 0 spiro atoms. The molecule has 1 saturated carbocycles. The van der Waals surface area contributed by atoms with Crippen LogP contribution in [0, 0.1) is 5.41 Å². The van der Waals surface area contributed by atoms with Gasteiger partial charge in [0.05, 0.1) is 12.1 Å². The van der Waals surface area contributed by atoms with Crippen LogP contribution in [-0.2, 0) is 4.74 Å². The average Bonchev–Trinajstić information content (AvgIpc) is 2.62. The summed E-state index contributed by atoms with van der Waals surface area (Å²) in [5.74, 6) is 0. The fourth-order valence-corrected chi connectivity index (χ4v) is 1.77. The molecule has 0 aromatic heterocycles. The minimum absolute atomic E-state index is 0.0920. The number of hydrogen-bond donors (Lipinski definition) is 2. The SMILES string of the molecule is CC1(CNCC2(N)CCOC2)CC1. The van der Waals surface area contributed by atoms with Gasteiger partial charge >= 0.3 is 0 Å². The predicted octanol–water partition coefficient (Wildman–Crippen LogP) is 0.494. The average molecular weight is 184 g/mol. The van der Waals surface area contributed by atoms with E-state index < -0.39 is 0 Å². The van der Waals surface area contributed by atoms with Crippen molar-refractivity contribution in [1.82, 2.24) is 5.32 Å². The number of nitrogens with two attached hydrogens (primary N) is 1. The van der Waals surface area contributed by atoms with Crippen molar-refractivity contribution in [2.24, 2.45) is 11.1 Å². The lowest BCUT2D eigenvalue weighted by Crippen LogP contribution is -2.50. The Kier molecular flexibility index (Phi) is 2.34. The van der Waals surface area contributed by atoms with Gasteiger partial charge in [0, 0.05) is 19.7 Å². The van der Waals surface area contributed by atoms with Crippen LogP contribution in [-0.4, -0.2) is 31.8 Å². The third kappa shape index (κ3) is 2.42. The molecule has 76 valence electrons. The second-order valence-corrected chi connectivity index (χ2v) is 5.08. The Morgan fingerprint density at radius 3 is 2.62 bits per heavy atom. The third-order valence-electron chi connectivity index (χ3n) is 3.27. The lowest BCUT2D eigenvalue weighted by Gasteiger charge is -2.23. The number of nitrogens with one attached hydrogen (secondary N) is 1. The van der Waals surface area contributed by atoms with Crippen LogP contribution >= 0.6 is 0 Å². The van der Waals surface area contributed by atoms with E-state index in [9.17, 15) is 0 Å². The molecule has 0 aromatic rings. The summed E-state index contributed by atoms with van der Waals surface area (Å²) in [7, 11) is 0. The van der Waals surface area contributed by atoms with Gasteiger partial charge in [-0.15, -0.1) is 0 Å². The Hall–Kier alpha value is -0.120. The standard InChI is InChI=1S/C10H20N2O/c1-9(2-3-9)6-12-7-10(11)4-5-13-8-10/h12H,2-8,11H2,1H3. The minimum atomic E-state index is -0.0920. The Balaban J connectivity index is 1.66. The van der Waals surface area contributed by atoms with Crippen LogP contribution in [0.5, 0.6) is 0 Å². The zero-order valence-electron chi connectivity index (χ0n) is 8.44. The number of ether oxygens (including phenoxy) is 1. The van der Waals surface area contributed by atoms with Crippen molar-refractivity contribution in [2.45, 2.75) is 31.7 Å². The predicted molar refractivity (Wildman–Crippen MR) is 52.6 cm³/mol. The van der Waals surface area contributed by atoms with Gasteiger partial charge in [0.15, 0.2) is 0 Å². The maximum atomic E-state index is 6.12. The van der Waals surface area contributed by atoms with Gasteiger partial charge in [-0.2, -0.15) is 0 Å². The van der Waals surface area contributed by atoms with Crippen molar-refractivity contribution in [3.8, 4) is 0 Å². The highest BCUT2D eigenvalue weighted by atomic mass is 16.5. The smallest absolute Gasteiger partial charge is 0.0659 e. The van der Waals surface area contributed by atoms with Gasteiger partial charge in [-0.1, -0.05) is 6.92 Å². The second kappa shape index (κ2) is 3.23. The van der Waals surface area contributed by atoms with Crippen LogP contribution in [0.2, 0.25) is 0 Å². The van der Waals surface area contributed by atoms with Gasteiger partial charge in [0.2, 0.25) is 0 Å². The normalized spacial score (nSPS) is 36.5. The molecule has 3 N–H and O–H groups in total. The largest absolute Gasteiger partial charge is 0.379 e. The zero-order chi connectivity index (χ0) is 9.36.